The molecule has 7 nitrogen and oxygen atoms in total. The monoisotopic (exact) mass is 388 g/mol. The van der Waals surface area contributed by atoms with Crippen LogP contribution in [0.1, 0.15) is 18.4 Å². The van der Waals surface area contributed by atoms with Gasteiger partial charge in [0.1, 0.15) is 16.2 Å². The van der Waals surface area contributed by atoms with Gasteiger partial charge in [0.25, 0.3) is 0 Å². The van der Waals surface area contributed by atoms with Crippen LogP contribution in [0.5, 0.6) is 5.75 Å². The maximum absolute atomic E-state index is 13.1. The lowest BCUT2D eigenvalue weighted by molar-refractivity contribution is -0.0248. The molecule has 2 aliphatic heterocycles. The molecule has 2 heterocycles. The lowest BCUT2D eigenvalue weighted by Crippen LogP contribution is -2.49. The normalized spacial score (nSPS) is 19.1. The molecule has 27 heavy (non-hydrogen) atoms. The number of rotatable bonds is 3. The first-order valence-electron chi connectivity index (χ1n) is 8.69. The first-order chi connectivity index (χ1) is 13.0. The highest BCUT2D eigenvalue weighted by Gasteiger charge is 2.46. The number of hydrogen-bond donors (Lipinski definition) is 1. The van der Waals surface area contributed by atoms with Crippen molar-refractivity contribution in [2.75, 3.05) is 25.5 Å². The molecule has 0 aromatic heterocycles. The van der Waals surface area contributed by atoms with Crippen LogP contribution in [0.4, 0.5) is 10.5 Å². The van der Waals surface area contributed by atoms with Crippen molar-refractivity contribution in [3.05, 3.63) is 54.1 Å². The van der Waals surface area contributed by atoms with Gasteiger partial charge in [0.15, 0.2) is 0 Å². The maximum Gasteiger partial charge on any atom is 0.412 e. The van der Waals surface area contributed by atoms with Crippen molar-refractivity contribution in [2.45, 2.75) is 23.3 Å². The molecular formula is C19H20N2O5S. The molecule has 1 saturated heterocycles. The van der Waals surface area contributed by atoms with Crippen molar-refractivity contribution in [1.82, 2.24) is 4.31 Å². The summed E-state index contributed by atoms with van der Waals surface area (Å²) in [5.41, 5.74) is 0.805. The van der Waals surface area contributed by atoms with Crippen molar-refractivity contribution >= 4 is 21.8 Å². The number of fused-ring (bicyclic) bond motifs is 2. The lowest BCUT2D eigenvalue weighted by atomic mass is 9.83. The Balaban J connectivity index is 1.62. The number of methoxy groups -OCH3 is 1. The molecule has 0 radical (unpaired) electrons. The van der Waals surface area contributed by atoms with E-state index in [1.54, 1.807) is 24.3 Å². The fourth-order valence-corrected chi connectivity index (χ4v) is 5.39. The average Bonchev–Trinajstić information content (AvgIpc) is 2.68. The van der Waals surface area contributed by atoms with E-state index in [0.29, 0.717) is 18.6 Å². The fraction of sp³-hybridized carbons (Fsp3) is 0.316. The van der Waals surface area contributed by atoms with Gasteiger partial charge in [-0.2, -0.15) is 4.31 Å². The van der Waals surface area contributed by atoms with Crippen molar-refractivity contribution in [1.29, 1.82) is 0 Å². The van der Waals surface area contributed by atoms with E-state index in [1.165, 1.54) is 11.4 Å². The summed E-state index contributed by atoms with van der Waals surface area (Å²) in [6.07, 6.45) is 0.284. The van der Waals surface area contributed by atoms with Crippen LogP contribution in [0.3, 0.4) is 0 Å². The van der Waals surface area contributed by atoms with E-state index in [0.717, 1.165) is 11.3 Å². The Kier molecular flexibility index (Phi) is 4.32. The summed E-state index contributed by atoms with van der Waals surface area (Å²) < 4.78 is 38.4. The molecule has 1 N–H and O–H groups in total. The Labute approximate surface area is 157 Å². The van der Waals surface area contributed by atoms with Crippen LogP contribution in [0.2, 0.25) is 0 Å². The molecule has 1 amide bonds. The van der Waals surface area contributed by atoms with E-state index in [2.05, 4.69) is 5.32 Å². The van der Waals surface area contributed by atoms with Gasteiger partial charge in [-0.25, -0.2) is 13.2 Å². The summed E-state index contributed by atoms with van der Waals surface area (Å²) >= 11 is 0. The summed E-state index contributed by atoms with van der Waals surface area (Å²) in [4.78, 5) is 12.1. The molecule has 1 fully saturated rings. The number of para-hydroxylation sites is 2. The molecule has 0 unspecified atom stereocenters. The van der Waals surface area contributed by atoms with Gasteiger partial charge in [-0.05, 0) is 18.2 Å². The van der Waals surface area contributed by atoms with Gasteiger partial charge in [-0.15, -0.1) is 0 Å². The number of nitrogens with one attached hydrogen (secondary N) is 1. The van der Waals surface area contributed by atoms with Gasteiger partial charge in [0.05, 0.1) is 12.8 Å². The molecule has 4 rings (SSSR count). The van der Waals surface area contributed by atoms with Crippen LogP contribution >= 0.6 is 0 Å². The number of carbonyl (C=O) groups is 1. The fourth-order valence-electron chi connectivity index (χ4n) is 3.79. The van der Waals surface area contributed by atoms with Crippen LogP contribution in [-0.4, -0.2) is 39.0 Å². The highest BCUT2D eigenvalue weighted by atomic mass is 32.2. The molecule has 1 spiro atoms. The van der Waals surface area contributed by atoms with E-state index in [-0.39, 0.29) is 18.0 Å². The number of benzene rings is 2. The SMILES string of the molecule is COc1ccccc1S(=O)(=O)N1CCC2(CC1)OC(=O)Nc1ccccc12. The molecule has 0 saturated carbocycles. The molecule has 2 aromatic carbocycles. The van der Waals surface area contributed by atoms with Gasteiger partial charge >= 0.3 is 6.09 Å². The van der Waals surface area contributed by atoms with E-state index in [9.17, 15) is 13.2 Å². The first kappa shape index (κ1) is 17.8. The molecule has 2 aromatic rings. The Morgan fingerprint density at radius 3 is 2.48 bits per heavy atom. The Morgan fingerprint density at radius 2 is 1.74 bits per heavy atom. The van der Waals surface area contributed by atoms with Gasteiger partial charge in [0, 0.05) is 31.5 Å². The Bertz CT molecular complexity index is 981. The minimum Gasteiger partial charge on any atom is -0.495 e. The Hall–Kier alpha value is -2.58. The topological polar surface area (TPSA) is 84.9 Å². The van der Waals surface area contributed by atoms with Crippen LogP contribution in [0.25, 0.3) is 0 Å². The van der Waals surface area contributed by atoms with Gasteiger partial charge in [-0.3, -0.25) is 5.32 Å². The molecule has 0 bridgehead atoms. The highest BCUT2D eigenvalue weighted by Crippen LogP contribution is 2.44. The van der Waals surface area contributed by atoms with Gasteiger partial charge in [0.2, 0.25) is 10.0 Å². The van der Waals surface area contributed by atoms with E-state index >= 15 is 0 Å². The van der Waals surface area contributed by atoms with E-state index in [1.807, 2.05) is 24.3 Å². The zero-order chi connectivity index (χ0) is 19.1. The quantitative estimate of drug-likeness (QED) is 0.874. The second-order valence-electron chi connectivity index (χ2n) is 6.61. The summed E-state index contributed by atoms with van der Waals surface area (Å²) in [6.45, 7) is 0.504. The Morgan fingerprint density at radius 1 is 1.07 bits per heavy atom. The number of hydrogen-bond acceptors (Lipinski definition) is 5. The largest absolute Gasteiger partial charge is 0.495 e. The van der Waals surface area contributed by atoms with Crippen LogP contribution in [-0.2, 0) is 20.4 Å². The molecule has 8 heteroatoms. The molecule has 142 valence electrons. The number of anilines is 1. The number of sulfonamides is 1. The van der Waals surface area contributed by atoms with Crippen molar-refractivity contribution in [2.24, 2.45) is 0 Å². The third kappa shape index (κ3) is 2.94. The van der Waals surface area contributed by atoms with Crippen LogP contribution < -0.4 is 10.1 Å². The second kappa shape index (κ2) is 6.54. The molecule has 0 atom stereocenters. The number of amides is 1. The van der Waals surface area contributed by atoms with Crippen molar-refractivity contribution in [3.63, 3.8) is 0 Å². The highest BCUT2D eigenvalue weighted by molar-refractivity contribution is 7.89. The third-order valence-electron chi connectivity index (χ3n) is 5.16. The van der Waals surface area contributed by atoms with Gasteiger partial charge < -0.3 is 9.47 Å². The molecular weight excluding hydrogens is 368 g/mol. The molecule has 2 aliphatic rings. The zero-order valence-corrected chi connectivity index (χ0v) is 15.7. The summed E-state index contributed by atoms with van der Waals surface area (Å²) in [7, 11) is -2.25. The first-order valence-corrected chi connectivity index (χ1v) is 10.1. The predicted octanol–water partition coefficient (Wildman–Crippen LogP) is 2.94. The zero-order valence-electron chi connectivity index (χ0n) is 14.8. The number of piperidine rings is 1. The van der Waals surface area contributed by atoms with Crippen LogP contribution in [0, 0.1) is 0 Å². The minimum atomic E-state index is -3.70. The number of nitrogens with zero attached hydrogens (tertiary/aromatic N) is 1. The van der Waals surface area contributed by atoms with Crippen molar-refractivity contribution < 1.29 is 22.7 Å². The third-order valence-corrected chi connectivity index (χ3v) is 7.10. The predicted molar refractivity (Wildman–Crippen MR) is 99.2 cm³/mol. The smallest absolute Gasteiger partial charge is 0.412 e. The summed E-state index contributed by atoms with van der Waals surface area (Å²) in [6, 6.07) is 14.1. The van der Waals surface area contributed by atoms with Crippen LogP contribution in [0.15, 0.2) is 53.4 Å². The lowest BCUT2D eigenvalue weighted by Gasteiger charge is -2.43. The van der Waals surface area contributed by atoms with E-state index in [4.69, 9.17) is 9.47 Å². The molecule has 0 aliphatic carbocycles. The standard InChI is InChI=1S/C19H20N2O5S/c1-25-16-8-4-5-9-17(16)27(23,24)21-12-10-19(11-13-21)14-6-2-3-7-15(14)20-18(22)26-19/h2-9H,10-13H2,1H3,(H,20,22). The summed E-state index contributed by atoms with van der Waals surface area (Å²) in [5, 5.41) is 2.70. The average molecular weight is 388 g/mol. The van der Waals surface area contributed by atoms with E-state index < -0.39 is 21.7 Å². The number of ether oxygens (including phenoxy) is 2. The minimum absolute atomic E-state index is 0.145. The van der Waals surface area contributed by atoms with Gasteiger partial charge in [-0.1, -0.05) is 30.3 Å². The number of carbonyl (C=O) groups excluding carboxylic acids is 1. The maximum atomic E-state index is 13.1. The second-order valence-corrected chi connectivity index (χ2v) is 8.52. The summed E-state index contributed by atoms with van der Waals surface area (Å²) in [5.74, 6) is 0.316. The van der Waals surface area contributed by atoms with Crippen molar-refractivity contribution in [3.8, 4) is 5.75 Å².